The average Bonchev–Trinajstić information content (AvgIpc) is 2.77. The minimum atomic E-state index is -4.93. The summed E-state index contributed by atoms with van der Waals surface area (Å²) in [6, 6.07) is 11.2. The van der Waals surface area contributed by atoms with Crippen LogP contribution in [-0.2, 0) is 17.5 Å². The molecule has 10 nitrogen and oxygen atoms in total. The highest BCUT2D eigenvalue weighted by Crippen LogP contribution is 2.32. The third-order valence-electron chi connectivity index (χ3n) is 4.38. The van der Waals surface area contributed by atoms with E-state index in [1.807, 2.05) is 0 Å². The molecule has 0 radical (unpaired) electrons. The molecule has 0 aliphatic rings. The van der Waals surface area contributed by atoms with Gasteiger partial charge in [-0.3, -0.25) is 15.7 Å². The lowest BCUT2D eigenvalue weighted by Crippen LogP contribution is -2.34. The number of carbonyl (C=O) groups is 2. The van der Waals surface area contributed by atoms with Crippen molar-refractivity contribution in [1.82, 2.24) is 20.0 Å². The zero-order valence-corrected chi connectivity index (χ0v) is 19.5. The molecule has 2 amide bonds. The molecule has 0 atom stereocenters. The first-order valence-electron chi connectivity index (χ1n) is 10.5. The van der Waals surface area contributed by atoms with Crippen molar-refractivity contribution in [2.45, 2.75) is 39.1 Å². The summed E-state index contributed by atoms with van der Waals surface area (Å²) in [5.74, 6) is -1.96. The molecule has 2 aromatic heterocycles. The van der Waals surface area contributed by atoms with Gasteiger partial charge in [0.2, 0.25) is 5.82 Å². The van der Waals surface area contributed by atoms with Crippen LogP contribution in [0.1, 0.15) is 32.2 Å². The van der Waals surface area contributed by atoms with Crippen LogP contribution in [0.4, 0.5) is 34.3 Å². The molecule has 0 saturated carbocycles. The number of nitrogens with zero attached hydrogens (tertiary/aromatic N) is 4. The SMILES string of the molecule is CC(C)(C)OC(=O)Nc1cc(-c2ccncc2NN(Cc2ccccc2)C(=O)O)nc(C(F)(F)F)n1. The molecule has 3 aromatic rings. The van der Waals surface area contributed by atoms with E-state index in [1.54, 1.807) is 51.1 Å². The van der Waals surface area contributed by atoms with Crippen LogP contribution in [0.2, 0.25) is 0 Å². The summed E-state index contributed by atoms with van der Waals surface area (Å²) in [7, 11) is 0. The molecule has 3 rings (SSSR count). The van der Waals surface area contributed by atoms with E-state index >= 15 is 0 Å². The van der Waals surface area contributed by atoms with E-state index in [0.29, 0.717) is 5.56 Å². The first-order chi connectivity index (χ1) is 16.8. The zero-order chi connectivity index (χ0) is 26.5. The second-order valence-electron chi connectivity index (χ2n) is 8.47. The van der Waals surface area contributed by atoms with E-state index in [0.717, 1.165) is 11.1 Å². The van der Waals surface area contributed by atoms with Crippen molar-refractivity contribution >= 4 is 23.7 Å². The normalized spacial score (nSPS) is 11.5. The van der Waals surface area contributed by atoms with Crippen LogP contribution in [-0.4, -0.2) is 42.9 Å². The van der Waals surface area contributed by atoms with Gasteiger partial charge in [-0.25, -0.2) is 24.6 Å². The van der Waals surface area contributed by atoms with Crippen LogP contribution in [0, 0.1) is 0 Å². The number of aromatic nitrogens is 3. The Labute approximate surface area is 204 Å². The van der Waals surface area contributed by atoms with Crippen molar-refractivity contribution in [2.75, 3.05) is 10.7 Å². The lowest BCUT2D eigenvalue weighted by atomic mass is 10.1. The summed E-state index contributed by atoms with van der Waals surface area (Å²) in [6.07, 6.45) is -4.72. The number of carboxylic acid groups (broad SMARTS) is 1. The summed E-state index contributed by atoms with van der Waals surface area (Å²) in [6.45, 7) is 4.72. The number of rotatable bonds is 6. The molecule has 36 heavy (non-hydrogen) atoms. The monoisotopic (exact) mass is 504 g/mol. The summed E-state index contributed by atoms with van der Waals surface area (Å²) in [5, 5.41) is 12.7. The molecule has 0 fully saturated rings. The van der Waals surface area contributed by atoms with Crippen molar-refractivity contribution in [3.8, 4) is 11.3 Å². The fourth-order valence-corrected chi connectivity index (χ4v) is 2.96. The maximum atomic E-state index is 13.5. The van der Waals surface area contributed by atoms with Crippen LogP contribution in [0.3, 0.4) is 0 Å². The van der Waals surface area contributed by atoms with Crippen LogP contribution in [0.25, 0.3) is 11.3 Å². The zero-order valence-electron chi connectivity index (χ0n) is 19.5. The summed E-state index contributed by atoms with van der Waals surface area (Å²) < 4.78 is 45.7. The Kier molecular flexibility index (Phi) is 7.61. The van der Waals surface area contributed by atoms with Gasteiger partial charge in [0.1, 0.15) is 11.4 Å². The molecular formula is C23H23F3N6O4. The molecule has 2 heterocycles. The number of carbonyl (C=O) groups excluding carboxylic acids is 1. The number of anilines is 2. The quantitative estimate of drug-likeness (QED) is 0.380. The van der Waals surface area contributed by atoms with E-state index < -0.39 is 35.6 Å². The Bertz CT molecular complexity index is 1230. The van der Waals surface area contributed by atoms with Gasteiger partial charge in [-0.1, -0.05) is 30.3 Å². The number of hydrogen-bond acceptors (Lipinski definition) is 7. The topological polar surface area (TPSA) is 130 Å². The third kappa shape index (κ3) is 7.29. The highest BCUT2D eigenvalue weighted by Gasteiger charge is 2.36. The van der Waals surface area contributed by atoms with Crippen LogP contribution >= 0.6 is 0 Å². The molecule has 0 spiro atoms. The Morgan fingerprint density at radius 1 is 1.08 bits per heavy atom. The largest absolute Gasteiger partial charge is 0.464 e. The second kappa shape index (κ2) is 10.5. The minimum absolute atomic E-state index is 0.0610. The van der Waals surface area contributed by atoms with E-state index in [4.69, 9.17) is 4.74 Å². The predicted octanol–water partition coefficient (Wildman–Crippen LogP) is 5.41. The lowest BCUT2D eigenvalue weighted by molar-refractivity contribution is -0.144. The first-order valence-corrected chi connectivity index (χ1v) is 10.5. The second-order valence-corrected chi connectivity index (χ2v) is 8.47. The summed E-state index contributed by atoms with van der Waals surface area (Å²) in [4.78, 5) is 34.9. The Morgan fingerprint density at radius 2 is 1.78 bits per heavy atom. The number of nitrogens with one attached hydrogen (secondary N) is 2. The minimum Gasteiger partial charge on any atom is -0.464 e. The fourth-order valence-electron chi connectivity index (χ4n) is 2.96. The molecule has 0 saturated heterocycles. The van der Waals surface area contributed by atoms with Crippen molar-refractivity contribution < 1.29 is 32.6 Å². The van der Waals surface area contributed by atoms with Gasteiger partial charge < -0.3 is 9.84 Å². The molecule has 13 heteroatoms. The van der Waals surface area contributed by atoms with Gasteiger partial charge >= 0.3 is 18.4 Å². The number of amides is 2. The molecule has 190 valence electrons. The average molecular weight is 504 g/mol. The van der Waals surface area contributed by atoms with E-state index in [9.17, 15) is 27.9 Å². The van der Waals surface area contributed by atoms with Gasteiger partial charge in [-0.05, 0) is 32.4 Å². The smallest absolute Gasteiger partial charge is 0.451 e. The van der Waals surface area contributed by atoms with Crippen molar-refractivity contribution in [3.05, 3.63) is 66.2 Å². The Balaban J connectivity index is 1.99. The van der Waals surface area contributed by atoms with Gasteiger partial charge in [0.05, 0.1) is 24.1 Å². The standard InChI is InChI=1S/C23H23F3N6O4/c1-22(2,3)36-20(33)30-18-11-16(28-19(29-18)23(24,25)26)15-9-10-27-12-17(15)31-32(21(34)35)13-14-7-5-4-6-8-14/h4-12,31H,13H2,1-3H3,(H,34,35)(H,28,29,30,33). The van der Waals surface area contributed by atoms with Gasteiger partial charge in [0.15, 0.2) is 0 Å². The van der Waals surface area contributed by atoms with Crippen molar-refractivity contribution in [2.24, 2.45) is 0 Å². The first kappa shape index (κ1) is 26.2. The molecule has 0 aliphatic heterocycles. The molecule has 3 N–H and O–H groups in total. The molecule has 0 aliphatic carbocycles. The summed E-state index contributed by atoms with van der Waals surface area (Å²) >= 11 is 0. The van der Waals surface area contributed by atoms with Gasteiger partial charge in [0, 0.05) is 17.8 Å². The molecule has 0 unspecified atom stereocenters. The lowest BCUT2D eigenvalue weighted by Gasteiger charge is -2.23. The van der Waals surface area contributed by atoms with Crippen molar-refractivity contribution in [1.29, 1.82) is 0 Å². The van der Waals surface area contributed by atoms with E-state index in [-0.39, 0.29) is 23.5 Å². The number of hydrogen-bond donors (Lipinski definition) is 3. The highest BCUT2D eigenvalue weighted by molar-refractivity contribution is 5.85. The third-order valence-corrected chi connectivity index (χ3v) is 4.38. The van der Waals surface area contributed by atoms with Gasteiger partial charge in [-0.2, -0.15) is 13.2 Å². The Hall–Kier alpha value is -4.42. The number of halogens is 3. The Morgan fingerprint density at radius 3 is 2.39 bits per heavy atom. The highest BCUT2D eigenvalue weighted by atomic mass is 19.4. The molecule has 1 aromatic carbocycles. The van der Waals surface area contributed by atoms with Crippen LogP contribution in [0.15, 0.2) is 54.9 Å². The number of alkyl halides is 3. The van der Waals surface area contributed by atoms with Gasteiger partial charge in [-0.15, -0.1) is 0 Å². The number of ether oxygens (including phenoxy) is 1. The molecular weight excluding hydrogens is 481 g/mol. The number of pyridine rings is 1. The van der Waals surface area contributed by atoms with E-state index in [1.165, 1.54) is 18.5 Å². The van der Waals surface area contributed by atoms with Gasteiger partial charge in [0.25, 0.3) is 0 Å². The number of hydrazine groups is 1. The number of benzene rings is 1. The van der Waals surface area contributed by atoms with E-state index in [2.05, 4.69) is 25.7 Å². The van der Waals surface area contributed by atoms with Crippen LogP contribution < -0.4 is 10.7 Å². The maximum absolute atomic E-state index is 13.5. The fraction of sp³-hybridized carbons (Fsp3) is 0.261. The maximum Gasteiger partial charge on any atom is 0.451 e. The summed E-state index contributed by atoms with van der Waals surface area (Å²) in [5.41, 5.74) is 2.35. The van der Waals surface area contributed by atoms with Crippen LogP contribution in [0.5, 0.6) is 0 Å². The molecule has 0 bridgehead atoms. The predicted molar refractivity (Wildman–Crippen MR) is 124 cm³/mol. The van der Waals surface area contributed by atoms with Crippen molar-refractivity contribution in [3.63, 3.8) is 0 Å².